The number of carbonyl (C=O) groups excluding carboxylic acids is 1. The number of carbonyl (C=O) groups is 1. The molecule has 206 valence electrons. The van der Waals surface area contributed by atoms with E-state index in [9.17, 15) is 18.4 Å². The molecule has 0 spiro atoms. The largest absolute Gasteiger partial charge is 0.495 e. The molecule has 40 heavy (non-hydrogen) atoms. The summed E-state index contributed by atoms with van der Waals surface area (Å²) in [6.45, 7) is 1.83. The van der Waals surface area contributed by atoms with Crippen molar-refractivity contribution >= 4 is 28.3 Å². The lowest BCUT2D eigenvalue weighted by molar-refractivity contribution is -0.121. The summed E-state index contributed by atoms with van der Waals surface area (Å²) in [6.07, 6.45) is 1.06. The van der Waals surface area contributed by atoms with Gasteiger partial charge >= 0.3 is 0 Å². The molecular weight excluding hydrogens is 542 g/mol. The average molecular weight is 567 g/mol. The van der Waals surface area contributed by atoms with Gasteiger partial charge in [0.05, 0.1) is 24.9 Å². The second-order valence-electron chi connectivity index (χ2n) is 9.37. The van der Waals surface area contributed by atoms with Crippen molar-refractivity contribution < 1.29 is 22.8 Å². The fraction of sp³-hybridized carbons (Fsp3) is 0.241. The normalized spacial score (nSPS) is 12.3. The van der Waals surface area contributed by atoms with Crippen molar-refractivity contribution in [2.45, 2.75) is 32.2 Å². The number of benzene rings is 2. The quantitative estimate of drug-likeness (QED) is 0.204. The van der Waals surface area contributed by atoms with E-state index in [1.807, 2.05) is 38.4 Å². The van der Waals surface area contributed by atoms with Crippen molar-refractivity contribution in [1.29, 1.82) is 0 Å². The van der Waals surface area contributed by atoms with Gasteiger partial charge in [0, 0.05) is 53.3 Å². The third kappa shape index (κ3) is 5.27. The summed E-state index contributed by atoms with van der Waals surface area (Å²) in [5, 5.41) is 9.41. The standard InChI is InChI=1S/C29H25ClF2N4O4/c1-4-24(25(37)10-16-5-8-22-17(9-16)14-35(2)33-22)36-15-27(39-3)21(12-28(36)38)20-11-18(30)6-7-19(20)23-13-26(29(31)32)40-34-23/h5-9,11-15,24,29H,4,10H2,1-3H3. The number of pyridine rings is 1. The first-order chi connectivity index (χ1) is 19.2. The van der Waals surface area contributed by atoms with Gasteiger partial charge in [-0.1, -0.05) is 35.8 Å². The third-order valence-electron chi connectivity index (χ3n) is 6.71. The fourth-order valence-corrected chi connectivity index (χ4v) is 5.01. The van der Waals surface area contributed by atoms with Crippen molar-refractivity contribution in [3.8, 4) is 28.1 Å². The molecule has 0 aliphatic rings. The molecule has 0 aliphatic heterocycles. The second kappa shape index (κ2) is 11.1. The van der Waals surface area contributed by atoms with Crippen molar-refractivity contribution in [2.75, 3.05) is 7.11 Å². The van der Waals surface area contributed by atoms with E-state index in [4.69, 9.17) is 20.9 Å². The van der Waals surface area contributed by atoms with Crippen molar-refractivity contribution in [3.63, 3.8) is 0 Å². The van der Waals surface area contributed by atoms with Gasteiger partial charge in [-0.05, 0) is 41.8 Å². The molecule has 0 radical (unpaired) electrons. The van der Waals surface area contributed by atoms with Crippen LogP contribution in [-0.2, 0) is 18.3 Å². The molecule has 3 aromatic heterocycles. The summed E-state index contributed by atoms with van der Waals surface area (Å²) < 4.78 is 39.7. The number of aryl methyl sites for hydroxylation is 1. The van der Waals surface area contributed by atoms with Gasteiger partial charge in [-0.2, -0.15) is 5.10 Å². The van der Waals surface area contributed by atoms with E-state index in [-0.39, 0.29) is 17.9 Å². The van der Waals surface area contributed by atoms with Crippen molar-refractivity contribution in [3.05, 3.63) is 87.6 Å². The van der Waals surface area contributed by atoms with E-state index in [0.717, 1.165) is 22.5 Å². The smallest absolute Gasteiger partial charge is 0.298 e. The number of methoxy groups -OCH3 is 1. The van der Waals surface area contributed by atoms with Crippen LogP contribution in [-0.4, -0.2) is 32.4 Å². The van der Waals surface area contributed by atoms with Crippen LogP contribution in [0.2, 0.25) is 5.02 Å². The van der Waals surface area contributed by atoms with E-state index in [1.54, 1.807) is 22.9 Å². The molecular formula is C29H25ClF2N4O4. The number of ketones is 1. The minimum Gasteiger partial charge on any atom is -0.495 e. The molecule has 0 amide bonds. The molecule has 0 fully saturated rings. The molecule has 0 aliphatic carbocycles. The predicted octanol–water partition coefficient (Wildman–Crippen LogP) is 6.42. The Morgan fingerprint density at radius 2 is 1.88 bits per heavy atom. The van der Waals surface area contributed by atoms with Crippen LogP contribution in [0.4, 0.5) is 8.78 Å². The minimum absolute atomic E-state index is 0.131. The van der Waals surface area contributed by atoms with Crippen LogP contribution in [0.15, 0.2) is 70.2 Å². The molecule has 0 N–H and O–H groups in total. The van der Waals surface area contributed by atoms with Gasteiger partial charge in [-0.15, -0.1) is 0 Å². The van der Waals surface area contributed by atoms with E-state index in [2.05, 4.69) is 10.3 Å². The number of halogens is 3. The van der Waals surface area contributed by atoms with Gasteiger partial charge in [0.15, 0.2) is 5.78 Å². The zero-order valence-corrected chi connectivity index (χ0v) is 22.7. The maximum absolute atomic E-state index is 13.4. The number of aromatic nitrogens is 4. The molecule has 5 aromatic rings. The molecule has 8 nitrogen and oxygen atoms in total. The summed E-state index contributed by atoms with van der Waals surface area (Å²) >= 11 is 6.27. The monoisotopic (exact) mass is 566 g/mol. The van der Waals surface area contributed by atoms with Gasteiger partial charge in [-0.3, -0.25) is 14.3 Å². The maximum atomic E-state index is 13.4. The van der Waals surface area contributed by atoms with Crippen LogP contribution >= 0.6 is 11.6 Å². The number of hydrogen-bond donors (Lipinski definition) is 0. The molecule has 3 heterocycles. The summed E-state index contributed by atoms with van der Waals surface area (Å²) in [7, 11) is 3.27. The Labute approximate surface area is 232 Å². The molecule has 1 atom stereocenters. The van der Waals surface area contributed by atoms with Gasteiger partial charge in [0.1, 0.15) is 11.4 Å². The number of fused-ring (bicyclic) bond motifs is 1. The highest BCUT2D eigenvalue weighted by Crippen LogP contribution is 2.39. The molecule has 0 saturated heterocycles. The first-order valence-electron chi connectivity index (χ1n) is 12.5. The molecule has 1 unspecified atom stereocenters. The van der Waals surface area contributed by atoms with E-state index >= 15 is 0 Å². The summed E-state index contributed by atoms with van der Waals surface area (Å²) in [5.41, 5.74) is 2.60. The van der Waals surface area contributed by atoms with Gasteiger partial charge in [-0.25, -0.2) is 8.78 Å². The van der Waals surface area contributed by atoms with E-state index < -0.39 is 23.8 Å². The molecule has 11 heteroatoms. The Morgan fingerprint density at radius 3 is 2.58 bits per heavy atom. The number of alkyl halides is 2. The highest BCUT2D eigenvalue weighted by atomic mass is 35.5. The summed E-state index contributed by atoms with van der Waals surface area (Å²) in [4.78, 5) is 26.8. The zero-order chi connectivity index (χ0) is 28.6. The van der Waals surface area contributed by atoms with Crippen molar-refractivity contribution in [1.82, 2.24) is 19.5 Å². The molecule has 0 bridgehead atoms. The van der Waals surface area contributed by atoms with Crippen LogP contribution in [0.25, 0.3) is 33.3 Å². The van der Waals surface area contributed by atoms with Crippen LogP contribution < -0.4 is 10.3 Å². The van der Waals surface area contributed by atoms with Crippen molar-refractivity contribution in [2.24, 2.45) is 7.05 Å². The number of nitrogens with zero attached hydrogens (tertiary/aromatic N) is 4. The SMILES string of the molecule is CCC(C(=O)Cc1ccc2nn(C)cc2c1)n1cc(OC)c(-c2cc(Cl)ccc2-c2cc(C(F)F)on2)cc1=O. The minimum atomic E-state index is -2.83. The fourth-order valence-electron chi connectivity index (χ4n) is 4.83. The lowest BCUT2D eigenvalue weighted by Crippen LogP contribution is -2.30. The van der Waals surface area contributed by atoms with Crippen LogP contribution in [0.5, 0.6) is 5.75 Å². The highest BCUT2D eigenvalue weighted by molar-refractivity contribution is 6.31. The lowest BCUT2D eigenvalue weighted by Gasteiger charge is -2.20. The first-order valence-corrected chi connectivity index (χ1v) is 12.9. The lowest BCUT2D eigenvalue weighted by atomic mass is 9.96. The maximum Gasteiger partial charge on any atom is 0.298 e. The number of rotatable bonds is 9. The Morgan fingerprint density at radius 1 is 1.07 bits per heavy atom. The van der Waals surface area contributed by atoms with E-state index in [1.165, 1.54) is 23.9 Å². The molecule has 0 saturated carbocycles. The zero-order valence-electron chi connectivity index (χ0n) is 21.9. The van der Waals surface area contributed by atoms with E-state index in [0.29, 0.717) is 33.9 Å². The molecule has 2 aromatic carbocycles. The Hall–Kier alpha value is -4.31. The van der Waals surface area contributed by atoms with Gasteiger partial charge < -0.3 is 13.8 Å². The summed E-state index contributed by atoms with van der Waals surface area (Å²) in [5.74, 6) is -0.415. The predicted molar refractivity (Wildman–Crippen MR) is 147 cm³/mol. The first kappa shape index (κ1) is 27.3. The van der Waals surface area contributed by atoms with Crippen LogP contribution in [0.1, 0.15) is 37.1 Å². The third-order valence-corrected chi connectivity index (χ3v) is 6.95. The Bertz CT molecular complexity index is 1780. The highest BCUT2D eigenvalue weighted by Gasteiger charge is 2.24. The Kier molecular flexibility index (Phi) is 7.53. The van der Waals surface area contributed by atoms with Crippen LogP contribution in [0.3, 0.4) is 0 Å². The second-order valence-corrected chi connectivity index (χ2v) is 9.81. The van der Waals surface area contributed by atoms with Gasteiger partial charge in [0.2, 0.25) is 5.76 Å². The van der Waals surface area contributed by atoms with Gasteiger partial charge in [0.25, 0.3) is 12.0 Å². The van der Waals surface area contributed by atoms with Crippen LogP contribution in [0, 0.1) is 0 Å². The number of Topliss-reactive ketones (excluding diaryl/α,β-unsaturated/α-hetero) is 1. The number of hydrogen-bond acceptors (Lipinski definition) is 6. The molecule has 5 rings (SSSR count). The Balaban J connectivity index is 1.52. The number of ether oxygens (including phenoxy) is 1. The topological polar surface area (TPSA) is 92.2 Å². The average Bonchev–Trinajstić information content (AvgIpc) is 3.56. The summed E-state index contributed by atoms with van der Waals surface area (Å²) in [6, 6.07) is 12.2.